The van der Waals surface area contributed by atoms with E-state index in [0.717, 1.165) is 18.2 Å². The molecule has 3 N–H and O–H groups in total. The largest absolute Gasteiger partial charge is 0.478 e. The van der Waals surface area contributed by atoms with Crippen LogP contribution in [0.25, 0.3) is 0 Å². The number of imide groups is 1. The first-order valence-corrected chi connectivity index (χ1v) is 6.36. The van der Waals surface area contributed by atoms with Gasteiger partial charge in [-0.2, -0.15) is 11.8 Å². The first kappa shape index (κ1) is 15.5. The van der Waals surface area contributed by atoms with Gasteiger partial charge in [0.15, 0.2) is 0 Å². The molecule has 0 spiro atoms. The van der Waals surface area contributed by atoms with E-state index in [0.29, 0.717) is 6.08 Å². The molecule has 0 heterocycles. The number of hydrogen-bond donors (Lipinski definition) is 3. The molecule has 3 amide bonds. The third-order valence-electron chi connectivity index (χ3n) is 1.75. The molecule has 0 saturated heterocycles. The lowest BCUT2D eigenvalue weighted by Crippen LogP contribution is -2.43. The van der Waals surface area contributed by atoms with E-state index in [-0.39, 0.29) is 6.04 Å². The summed E-state index contributed by atoms with van der Waals surface area (Å²) < 4.78 is 0. The van der Waals surface area contributed by atoms with E-state index in [9.17, 15) is 14.4 Å². The molecule has 0 saturated carbocycles. The monoisotopic (exact) mass is 260 g/mol. The van der Waals surface area contributed by atoms with Gasteiger partial charge in [-0.05, 0) is 25.4 Å². The molecule has 0 bridgehead atoms. The van der Waals surface area contributed by atoms with Crippen LogP contribution in [-0.4, -0.2) is 41.1 Å². The van der Waals surface area contributed by atoms with E-state index >= 15 is 0 Å². The van der Waals surface area contributed by atoms with E-state index in [1.807, 2.05) is 18.5 Å². The number of hydrogen-bond acceptors (Lipinski definition) is 4. The zero-order valence-electron chi connectivity index (χ0n) is 9.73. The SMILES string of the molecule is CSCCC(C)NC(=O)NC(=O)/C=C/C(=O)O. The molecule has 1 atom stereocenters. The summed E-state index contributed by atoms with van der Waals surface area (Å²) in [6.45, 7) is 1.83. The van der Waals surface area contributed by atoms with Crippen molar-refractivity contribution >= 4 is 29.7 Å². The quantitative estimate of drug-likeness (QED) is 0.608. The lowest BCUT2D eigenvalue weighted by molar-refractivity contribution is -0.131. The molecule has 0 rings (SSSR count). The van der Waals surface area contributed by atoms with E-state index < -0.39 is 17.9 Å². The Balaban J connectivity index is 3.93. The van der Waals surface area contributed by atoms with Gasteiger partial charge in [-0.3, -0.25) is 10.1 Å². The number of carboxylic acid groups (broad SMARTS) is 1. The predicted octanol–water partition coefficient (Wildman–Crippen LogP) is 0.595. The molecule has 17 heavy (non-hydrogen) atoms. The van der Waals surface area contributed by atoms with Crippen LogP contribution in [0.1, 0.15) is 13.3 Å². The van der Waals surface area contributed by atoms with Crippen LogP contribution in [0.4, 0.5) is 4.79 Å². The minimum Gasteiger partial charge on any atom is -0.478 e. The van der Waals surface area contributed by atoms with Crippen molar-refractivity contribution in [2.24, 2.45) is 0 Å². The molecule has 7 heteroatoms. The number of carbonyl (C=O) groups is 3. The molecule has 0 aliphatic rings. The number of amides is 3. The van der Waals surface area contributed by atoms with Crippen molar-refractivity contribution in [1.82, 2.24) is 10.6 Å². The first-order chi connectivity index (χ1) is 7.95. The highest BCUT2D eigenvalue weighted by Gasteiger charge is 2.08. The maximum Gasteiger partial charge on any atom is 0.328 e. The summed E-state index contributed by atoms with van der Waals surface area (Å²) in [7, 11) is 0. The summed E-state index contributed by atoms with van der Waals surface area (Å²) in [5, 5.41) is 12.8. The van der Waals surface area contributed by atoms with Crippen LogP contribution >= 0.6 is 11.8 Å². The smallest absolute Gasteiger partial charge is 0.328 e. The van der Waals surface area contributed by atoms with Gasteiger partial charge in [0, 0.05) is 18.2 Å². The summed E-state index contributed by atoms with van der Waals surface area (Å²) in [6, 6.07) is -0.669. The summed E-state index contributed by atoms with van der Waals surface area (Å²) >= 11 is 1.67. The van der Waals surface area contributed by atoms with Gasteiger partial charge in [0.2, 0.25) is 0 Å². The molecule has 0 aromatic heterocycles. The van der Waals surface area contributed by atoms with Crippen molar-refractivity contribution in [3.8, 4) is 0 Å². The topological polar surface area (TPSA) is 95.5 Å². The minimum atomic E-state index is -1.24. The highest BCUT2D eigenvalue weighted by Crippen LogP contribution is 1.99. The summed E-state index contributed by atoms with van der Waals surface area (Å²) in [5.74, 6) is -1.09. The number of carboxylic acids is 1. The molecule has 0 aliphatic heterocycles. The molecule has 0 aliphatic carbocycles. The van der Waals surface area contributed by atoms with Crippen molar-refractivity contribution in [1.29, 1.82) is 0 Å². The maximum absolute atomic E-state index is 11.2. The lowest BCUT2D eigenvalue weighted by Gasteiger charge is -2.12. The minimum absolute atomic E-state index is 0.0429. The fourth-order valence-corrected chi connectivity index (χ4v) is 1.52. The second-order valence-corrected chi connectivity index (χ2v) is 4.30. The van der Waals surface area contributed by atoms with Crippen LogP contribution in [0.5, 0.6) is 0 Å². The zero-order chi connectivity index (χ0) is 13.3. The van der Waals surface area contributed by atoms with Crippen molar-refractivity contribution in [2.45, 2.75) is 19.4 Å². The van der Waals surface area contributed by atoms with Crippen LogP contribution in [0.3, 0.4) is 0 Å². The fraction of sp³-hybridized carbons (Fsp3) is 0.500. The van der Waals surface area contributed by atoms with Gasteiger partial charge < -0.3 is 10.4 Å². The van der Waals surface area contributed by atoms with E-state index in [1.54, 1.807) is 11.8 Å². The number of urea groups is 1. The lowest BCUT2D eigenvalue weighted by atomic mass is 10.3. The van der Waals surface area contributed by atoms with Gasteiger partial charge in [-0.25, -0.2) is 9.59 Å². The van der Waals surface area contributed by atoms with E-state index in [4.69, 9.17) is 5.11 Å². The Morgan fingerprint density at radius 2 is 2.00 bits per heavy atom. The molecule has 0 aromatic carbocycles. The third kappa shape index (κ3) is 9.43. The predicted molar refractivity (Wildman–Crippen MR) is 65.9 cm³/mol. The third-order valence-corrected chi connectivity index (χ3v) is 2.39. The summed E-state index contributed by atoms with van der Waals surface area (Å²) in [5.41, 5.74) is 0. The Hall–Kier alpha value is -1.50. The van der Waals surface area contributed by atoms with Gasteiger partial charge in [-0.1, -0.05) is 0 Å². The second-order valence-electron chi connectivity index (χ2n) is 3.32. The number of nitrogens with one attached hydrogen (secondary N) is 2. The molecule has 1 unspecified atom stereocenters. The highest BCUT2D eigenvalue weighted by molar-refractivity contribution is 7.98. The van der Waals surface area contributed by atoms with Crippen LogP contribution in [-0.2, 0) is 9.59 Å². The Morgan fingerprint density at radius 1 is 1.35 bits per heavy atom. The number of thioether (sulfide) groups is 1. The van der Waals surface area contributed by atoms with Crippen LogP contribution < -0.4 is 10.6 Å². The second kappa shape index (κ2) is 8.63. The van der Waals surface area contributed by atoms with Gasteiger partial charge in [0.1, 0.15) is 0 Å². The average molecular weight is 260 g/mol. The van der Waals surface area contributed by atoms with Crippen LogP contribution in [0, 0.1) is 0 Å². The maximum atomic E-state index is 11.2. The molecule has 0 fully saturated rings. The van der Waals surface area contributed by atoms with Crippen LogP contribution in [0.2, 0.25) is 0 Å². The van der Waals surface area contributed by atoms with Gasteiger partial charge >= 0.3 is 12.0 Å². The fourth-order valence-electron chi connectivity index (χ4n) is 0.927. The van der Waals surface area contributed by atoms with Crippen molar-refractivity contribution in [3.63, 3.8) is 0 Å². The molecule has 6 nitrogen and oxygen atoms in total. The van der Waals surface area contributed by atoms with Crippen molar-refractivity contribution < 1.29 is 19.5 Å². The molecular weight excluding hydrogens is 244 g/mol. The molecule has 0 radical (unpaired) electrons. The van der Waals surface area contributed by atoms with Gasteiger partial charge in [0.25, 0.3) is 5.91 Å². The first-order valence-electron chi connectivity index (χ1n) is 4.97. The van der Waals surface area contributed by atoms with Crippen LogP contribution in [0.15, 0.2) is 12.2 Å². The summed E-state index contributed by atoms with van der Waals surface area (Å²) in [4.78, 5) is 32.4. The normalized spacial score (nSPS) is 12.1. The molecular formula is C10H16N2O4S. The standard InChI is InChI=1S/C10H16N2O4S/c1-7(5-6-17-2)11-10(16)12-8(13)3-4-9(14)15/h3-4,7H,5-6H2,1-2H3,(H,14,15)(H2,11,12,13,16)/b4-3+. The van der Waals surface area contributed by atoms with Crippen molar-refractivity contribution in [2.75, 3.05) is 12.0 Å². The molecule has 0 aromatic rings. The Morgan fingerprint density at radius 3 is 2.53 bits per heavy atom. The highest BCUT2D eigenvalue weighted by atomic mass is 32.2. The average Bonchev–Trinajstić information content (AvgIpc) is 2.23. The Labute approximate surface area is 104 Å². The van der Waals surface area contributed by atoms with Gasteiger partial charge in [-0.15, -0.1) is 0 Å². The number of carbonyl (C=O) groups excluding carboxylic acids is 2. The van der Waals surface area contributed by atoms with E-state index in [1.165, 1.54) is 0 Å². The Kier molecular flexibility index (Phi) is 7.87. The summed E-state index contributed by atoms with van der Waals surface area (Å²) in [6.07, 6.45) is 4.22. The number of rotatable bonds is 6. The zero-order valence-corrected chi connectivity index (χ0v) is 10.5. The van der Waals surface area contributed by atoms with Crippen molar-refractivity contribution in [3.05, 3.63) is 12.2 Å². The van der Waals surface area contributed by atoms with Gasteiger partial charge in [0.05, 0.1) is 0 Å². The molecule has 96 valence electrons. The Bertz CT molecular complexity index is 317. The van der Waals surface area contributed by atoms with E-state index in [2.05, 4.69) is 5.32 Å². The number of aliphatic carboxylic acids is 1.